The Morgan fingerprint density at radius 2 is 1.85 bits per heavy atom. The van der Waals surface area contributed by atoms with Crippen LogP contribution in [0.3, 0.4) is 0 Å². The van der Waals surface area contributed by atoms with E-state index in [0.717, 1.165) is 49.7 Å². The zero-order valence-corrected chi connectivity index (χ0v) is 19.8. The van der Waals surface area contributed by atoms with Crippen molar-refractivity contribution in [1.29, 1.82) is 0 Å². The summed E-state index contributed by atoms with van der Waals surface area (Å²) in [6, 6.07) is 11.2. The number of benzene rings is 2. The Kier molecular flexibility index (Phi) is 8.49. The fraction of sp³-hybridized carbons (Fsp3) is 0.480. The minimum absolute atomic E-state index is 0. The second kappa shape index (κ2) is 11.0. The average Bonchev–Trinajstić information content (AvgIpc) is 3.22. The molecule has 2 aromatic rings. The van der Waals surface area contributed by atoms with E-state index in [4.69, 9.17) is 0 Å². The summed E-state index contributed by atoms with van der Waals surface area (Å²) in [6.07, 6.45) is -0.880. The Hall–Kier alpha value is -2.29. The number of nitrogens with one attached hydrogen (secondary N) is 2. The molecule has 1 heterocycles. The topological polar surface area (TPSA) is 64.6 Å². The van der Waals surface area contributed by atoms with Crippen LogP contribution in [0.4, 0.5) is 18.9 Å². The third-order valence-electron chi connectivity index (χ3n) is 6.63. The van der Waals surface area contributed by atoms with Gasteiger partial charge in [0.05, 0.1) is 17.7 Å². The zero-order valence-electron chi connectivity index (χ0n) is 19.0. The van der Waals surface area contributed by atoms with Crippen LogP contribution >= 0.6 is 12.4 Å². The van der Waals surface area contributed by atoms with Crippen molar-refractivity contribution in [1.82, 2.24) is 10.2 Å². The van der Waals surface area contributed by atoms with Gasteiger partial charge in [-0.1, -0.05) is 43.2 Å². The monoisotopic (exact) mass is 497 g/mol. The predicted octanol–water partition coefficient (Wildman–Crippen LogP) is 4.52. The summed E-state index contributed by atoms with van der Waals surface area (Å²) < 4.78 is 40.6. The summed E-state index contributed by atoms with van der Waals surface area (Å²) in [5.74, 6) is -0.334. The lowest BCUT2D eigenvalue weighted by atomic mass is 9.99. The highest BCUT2D eigenvalue weighted by Gasteiger charge is 2.37. The molecule has 0 radical (unpaired) electrons. The van der Waals surface area contributed by atoms with Crippen molar-refractivity contribution >= 4 is 24.0 Å². The molecule has 0 aromatic heterocycles. The molecule has 0 saturated heterocycles. The van der Waals surface area contributed by atoms with E-state index in [1.54, 1.807) is 6.07 Å². The van der Waals surface area contributed by atoms with Crippen LogP contribution in [-0.2, 0) is 30.5 Å². The van der Waals surface area contributed by atoms with Gasteiger partial charge in [-0.05, 0) is 54.6 Å². The van der Waals surface area contributed by atoms with Gasteiger partial charge < -0.3 is 20.6 Å². The quantitative estimate of drug-likeness (QED) is 0.526. The Balaban J connectivity index is 0.00000324. The third-order valence-corrected chi connectivity index (χ3v) is 6.63. The highest BCUT2D eigenvalue weighted by atomic mass is 35.5. The summed E-state index contributed by atoms with van der Waals surface area (Å²) in [6.45, 7) is 1.40. The third kappa shape index (κ3) is 6.23. The molecule has 1 fully saturated rings. The Morgan fingerprint density at radius 3 is 2.59 bits per heavy atom. The number of fused-ring (bicyclic) bond motifs is 1. The van der Waals surface area contributed by atoms with Crippen LogP contribution in [0.15, 0.2) is 42.5 Å². The number of nitrogens with zero attached hydrogens (tertiary/aromatic N) is 1. The van der Waals surface area contributed by atoms with E-state index in [9.17, 15) is 23.1 Å². The van der Waals surface area contributed by atoms with Gasteiger partial charge in [0.15, 0.2) is 0 Å². The molecule has 186 valence electrons. The SMILES string of the molecule is Cl.O=C(CNc1cccc2c1CCNC2)N(Cc1ccccc1C(F)(F)F)CC1(O)CCCC1. The second-order valence-electron chi connectivity index (χ2n) is 9.06. The number of hydrogen-bond acceptors (Lipinski definition) is 4. The van der Waals surface area contributed by atoms with Gasteiger partial charge in [0, 0.05) is 25.3 Å². The molecule has 1 saturated carbocycles. The van der Waals surface area contributed by atoms with Crippen molar-refractivity contribution in [3.05, 3.63) is 64.7 Å². The van der Waals surface area contributed by atoms with Crippen LogP contribution in [-0.4, -0.2) is 41.1 Å². The maximum absolute atomic E-state index is 13.5. The highest BCUT2D eigenvalue weighted by Crippen LogP contribution is 2.34. The van der Waals surface area contributed by atoms with Gasteiger partial charge in [0.2, 0.25) is 5.91 Å². The molecule has 1 amide bonds. The first kappa shape index (κ1) is 26.3. The Labute approximate surface area is 204 Å². The molecule has 0 atom stereocenters. The van der Waals surface area contributed by atoms with Crippen molar-refractivity contribution in [2.75, 3.05) is 25.0 Å². The number of amides is 1. The number of carbonyl (C=O) groups excluding carboxylic acids is 1. The van der Waals surface area contributed by atoms with Crippen LogP contribution < -0.4 is 10.6 Å². The lowest BCUT2D eigenvalue weighted by Crippen LogP contribution is -2.46. The normalized spacial score (nSPS) is 16.9. The lowest BCUT2D eigenvalue weighted by molar-refractivity contribution is -0.140. The van der Waals surface area contributed by atoms with Gasteiger partial charge in [-0.3, -0.25) is 4.79 Å². The minimum Gasteiger partial charge on any atom is -0.388 e. The van der Waals surface area contributed by atoms with Gasteiger partial charge in [0.25, 0.3) is 0 Å². The molecule has 34 heavy (non-hydrogen) atoms. The van der Waals surface area contributed by atoms with E-state index in [1.165, 1.54) is 22.6 Å². The summed E-state index contributed by atoms with van der Waals surface area (Å²) in [5.41, 5.74) is 1.43. The van der Waals surface area contributed by atoms with E-state index < -0.39 is 17.3 Å². The molecule has 0 spiro atoms. The second-order valence-corrected chi connectivity index (χ2v) is 9.06. The average molecular weight is 498 g/mol. The molecule has 5 nitrogen and oxygen atoms in total. The van der Waals surface area contributed by atoms with E-state index >= 15 is 0 Å². The van der Waals surface area contributed by atoms with Crippen molar-refractivity contribution < 1.29 is 23.1 Å². The number of hydrogen-bond donors (Lipinski definition) is 3. The Morgan fingerprint density at radius 1 is 1.12 bits per heavy atom. The van der Waals surface area contributed by atoms with Crippen molar-refractivity contribution in [2.24, 2.45) is 0 Å². The van der Waals surface area contributed by atoms with Crippen LogP contribution in [0.25, 0.3) is 0 Å². The maximum atomic E-state index is 13.5. The number of anilines is 1. The first-order valence-corrected chi connectivity index (χ1v) is 11.5. The maximum Gasteiger partial charge on any atom is 0.416 e. The smallest absolute Gasteiger partial charge is 0.388 e. The molecule has 0 unspecified atom stereocenters. The molecule has 1 aliphatic carbocycles. The van der Waals surface area contributed by atoms with E-state index in [2.05, 4.69) is 10.6 Å². The fourth-order valence-electron chi connectivity index (χ4n) is 4.90. The molecule has 3 N–H and O–H groups in total. The van der Waals surface area contributed by atoms with Crippen LogP contribution in [0.5, 0.6) is 0 Å². The molecule has 0 bridgehead atoms. The van der Waals surface area contributed by atoms with Gasteiger partial charge in [0.1, 0.15) is 0 Å². The lowest BCUT2D eigenvalue weighted by Gasteiger charge is -2.32. The van der Waals surface area contributed by atoms with E-state index in [-0.39, 0.29) is 43.5 Å². The van der Waals surface area contributed by atoms with Crippen molar-refractivity contribution in [3.8, 4) is 0 Å². The standard InChI is InChI=1S/C25H30F3N3O2.ClH/c26-25(27,28)21-8-2-1-6-19(21)16-31(17-24(33)11-3-4-12-24)23(32)15-30-22-9-5-7-18-14-29-13-10-20(18)22;/h1-2,5-9,29-30,33H,3-4,10-17H2;1H. The van der Waals surface area contributed by atoms with Crippen LogP contribution in [0.1, 0.15) is 47.9 Å². The molecule has 2 aromatic carbocycles. The first-order chi connectivity index (χ1) is 15.8. The molecular weight excluding hydrogens is 467 g/mol. The summed E-state index contributed by atoms with van der Waals surface area (Å²) in [5, 5.41) is 17.4. The summed E-state index contributed by atoms with van der Waals surface area (Å²) in [7, 11) is 0. The zero-order chi connectivity index (χ0) is 23.5. The Bertz CT molecular complexity index is 994. The van der Waals surface area contributed by atoms with E-state index in [0.29, 0.717) is 12.8 Å². The van der Waals surface area contributed by atoms with Crippen molar-refractivity contribution in [3.63, 3.8) is 0 Å². The van der Waals surface area contributed by atoms with Gasteiger partial charge in [-0.25, -0.2) is 0 Å². The summed E-state index contributed by atoms with van der Waals surface area (Å²) in [4.78, 5) is 14.6. The number of aliphatic hydroxyl groups is 1. The first-order valence-electron chi connectivity index (χ1n) is 11.5. The molecule has 2 aliphatic rings. The van der Waals surface area contributed by atoms with Crippen LogP contribution in [0.2, 0.25) is 0 Å². The van der Waals surface area contributed by atoms with Gasteiger partial charge >= 0.3 is 6.18 Å². The molecule has 1 aliphatic heterocycles. The van der Waals surface area contributed by atoms with E-state index in [1.807, 2.05) is 18.2 Å². The van der Waals surface area contributed by atoms with Crippen LogP contribution in [0, 0.1) is 0 Å². The predicted molar refractivity (Wildman–Crippen MR) is 128 cm³/mol. The fourth-order valence-corrected chi connectivity index (χ4v) is 4.90. The van der Waals surface area contributed by atoms with Gasteiger partial charge in [-0.2, -0.15) is 13.2 Å². The minimum atomic E-state index is -4.51. The molecule has 9 heteroatoms. The van der Waals surface area contributed by atoms with Crippen molar-refractivity contribution in [2.45, 2.75) is 57.0 Å². The number of alkyl halides is 3. The molecular formula is C25H31ClF3N3O2. The highest BCUT2D eigenvalue weighted by molar-refractivity contribution is 5.85. The molecule has 4 rings (SSSR count). The largest absolute Gasteiger partial charge is 0.416 e. The number of halogens is 4. The number of rotatable bonds is 7. The van der Waals surface area contributed by atoms with Gasteiger partial charge in [-0.15, -0.1) is 12.4 Å². The number of carbonyl (C=O) groups is 1. The summed E-state index contributed by atoms with van der Waals surface area (Å²) >= 11 is 0.